The summed E-state index contributed by atoms with van der Waals surface area (Å²) in [6.07, 6.45) is 2.00. The molecule has 1 heterocycles. The molecule has 6 nitrogen and oxygen atoms in total. The van der Waals surface area contributed by atoms with Gasteiger partial charge in [0, 0.05) is 20.0 Å². The van der Waals surface area contributed by atoms with E-state index in [0.29, 0.717) is 18.5 Å². The molecule has 1 saturated carbocycles. The summed E-state index contributed by atoms with van der Waals surface area (Å²) in [6, 6.07) is 0.450. The predicted molar refractivity (Wildman–Crippen MR) is 53.2 cm³/mol. The van der Waals surface area contributed by atoms with Crippen molar-refractivity contribution in [2.45, 2.75) is 19.4 Å². The number of hydrogen-bond donors (Lipinski definition) is 1. The summed E-state index contributed by atoms with van der Waals surface area (Å²) < 4.78 is 5.28. The molecule has 2 rings (SSSR count). The van der Waals surface area contributed by atoms with Crippen molar-refractivity contribution < 1.29 is 9.21 Å². The molecule has 15 heavy (non-hydrogen) atoms. The number of anilines is 1. The van der Waals surface area contributed by atoms with Gasteiger partial charge in [-0.15, -0.1) is 5.10 Å². The van der Waals surface area contributed by atoms with E-state index < -0.39 is 0 Å². The van der Waals surface area contributed by atoms with E-state index >= 15 is 0 Å². The normalized spacial score (nSPS) is 15.1. The maximum atomic E-state index is 11.3. The molecule has 0 bridgehead atoms. The second-order valence-corrected chi connectivity index (χ2v) is 3.86. The summed E-state index contributed by atoms with van der Waals surface area (Å²) in [6.45, 7) is 0.316. The molecule has 1 aromatic rings. The third kappa shape index (κ3) is 2.45. The molecule has 0 atom stereocenters. The van der Waals surface area contributed by atoms with Crippen molar-refractivity contribution in [1.82, 2.24) is 15.5 Å². The molecule has 0 unspecified atom stereocenters. The van der Waals surface area contributed by atoms with Gasteiger partial charge in [-0.25, -0.2) is 0 Å². The fraction of sp³-hybridized carbons (Fsp3) is 0.667. The first-order valence-corrected chi connectivity index (χ1v) is 4.94. The van der Waals surface area contributed by atoms with Crippen LogP contribution in [0.4, 0.5) is 6.01 Å². The minimum atomic E-state index is 0.0830. The van der Waals surface area contributed by atoms with Crippen LogP contribution in [-0.4, -0.2) is 30.2 Å². The molecular weight excluding hydrogens is 196 g/mol. The van der Waals surface area contributed by atoms with Gasteiger partial charge < -0.3 is 14.6 Å². The maximum absolute atomic E-state index is 11.3. The van der Waals surface area contributed by atoms with E-state index in [1.807, 2.05) is 14.1 Å². The summed E-state index contributed by atoms with van der Waals surface area (Å²) in [5.41, 5.74) is 0. The van der Waals surface area contributed by atoms with Gasteiger partial charge in [-0.1, -0.05) is 5.10 Å². The summed E-state index contributed by atoms with van der Waals surface area (Å²) >= 11 is 0. The fourth-order valence-electron chi connectivity index (χ4n) is 1.15. The molecule has 6 heteroatoms. The molecule has 1 aromatic heterocycles. The van der Waals surface area contributed by atoms with E-state index in [1.54, 1.807) is 4.90 Å². The van der Waals surface area contributed by atoms with Crippen LogP contribution in [0.15, 0.2) is 4.42 Å². The van der Waals surface area contributed by atoms with Gasteiger partial charge in [0.2, 0.25) is 11.8 Å². The number of nitrogens with zero attached hydrogens (tertiary/aromatic N) is 3. The van der Waals surface area contributed by atoms with E-state index in [9.17, 15) is 4.79 Å². The zero-order chi connectivity index (χ0) is 10.8. The predicted octanol–water partition coefficient (Wildman–Crippen LogP) is 0.162. The minimum Gasteiger partial charge on any atom is -0.406 e. The standard InChI is InChI=1S/C9H14N4O2/c1-13(2)9-12-11-7(15-9)5-10-8(14)6-3-4-6/h6H,3-5H2,1-2H3,(H,10,14). The highest BCUT2D eigenvalue weighted by molar-refractivity contribution is 5.80. The highest BCUT2D eigenvalue weighted by Crippen LogP contribution is 2.28. The summed E-state index contributed by atoms with van der Waals surface area (Å²) in [5.74, 6) is 0.730. The van der Waals surface area contributed by atoms with Crippen molar-refractivity contribution in [1.29, 1.82) is 0 Å². The molecule has 0 spiro atoms. The third-order valence-electron chi connectivity index (χ3n) is 2.20. The van der Waals surface area contributed by atoms with E-state index in [1.165, 1.54) is 0 Å². The highest BCUT2D eigenvalue weighted by atomic mass is 16.4. The molecular formula is C9H14N4O2. The molecule has 1 amide bonds. The Morgan fingerprint density at radius 2 is 2.27 bits per heavy atom. The van der Waals surface area contributed by atoms with Crippen LogP contribution in [0.3, 0.4) is 0 Å². The Morgan fingerprint density at radius 3 is 2.80 bits per heavy atom. The maximum Gasteiger partial charge on any atom is 0.317 e. The Balaban J connectivity index is 1.84. The van der Waals surface area contributed by atoms with Crippen LogP contribution in [0.2, 0.25) is 0 Å². The van der Waals surface area contributed by atoms with Crippen molar-refractivity contribution in [3.8, 4) is 0 Å². The van der Waals surface area contributed by atoms with E-state index in [2.05, 4.69) is 15.5 Å². The second-order valence-electron chi connectivity index (χ2n) is 3.86. The zero-order valence-corrected chi connectivity index (χ0v) is 8.86. The fourth-order valence-corrected chi connectivity index (χ4v) is 1.15. The van der Waals surface area contributed by atoms with E-state index in [-0.39, 0.29) is 11.8 Å². The molecule has 0 aliphatic heterocycles. The van der Waals surface area contributed by atoms with Crippen molar-refractivity contribution in [2.24, 2.45) is 5.92 Å². The summed E-state index contributed by atoms with van der Waals surface area (Å²) in [7, 11) is 3.64. The number of amides is 1. The SMILES string of the molecule is CN(C)c1nnc(CNC(=O)C2CC2)o1. The molecule has 1 fully saturated rings. The number of hydrogen-bond acceptors (Lipinski definition) is 5. The van der Waals surface area contributed by atoms with Gasteiger partial charge >= 0.3 is 6.01 Å². The van der Waals surface area contributed by atoms with Gasteiger partial charge in [-0.05, 0) is 12.8 Å². The van der Waals surface area contributed by atoms with Crippen LogP contribution in [0, 0.1) is 5.92 Å². The highest BCUT2D eigenvalue weighted by Gasteiger charge is 2.29. The van der Waals surface area contributed by atoms with Crippen LogP contribution in [0.5, 0.6) is 0 Å². The lowest BCUT2D eigenvalue weighted by Crippen LogP contribution is -2.24. The quantitative estimate of drug-likeness (QED) is 0.766. The molecule has 82 valence electrons. The lowest BCUT2D eigenvalue weighted by Gasteiger charge is -2.03. The average molecular weight is 210 g/mol. The van der Waals surface area contributed by atoms with Crippen molar-refractivity contribution in [3.05, 3.63) is 5.89 Å². The lowest BCUT2D eigenvalue weighted by atomic mass is 10.4. The summed E-state index contributed by atoms with van der Waals surface area (Å²) in [4.78, 5) is 13.0. The third-order valence-corrected chi connectivity index (χ3v) is 2.20. The van der Waals surface area contributed by atoms with Crippen LogP contribution >= 0.6 is 0 Å². The van der Waals surface area contributed by atoms with Gasteiger partial charge in [-0.3, -0.25) is 4.79 Å². The van der Waals surface area contributed by atoms with Gasteiger partial charge in [0.15, 0.2) is 0 Å². The number of nitrogens with one attached hydrogen (secondary N) is 1. The van der Waals surface area contributed by atoms with Crippen molar-refractivity contribution in [2.75, 3.05) is 19.0 Å². The van der Waals surface area contributed by atoms with E-state index in [4.69, 9.17) is 4.42 Å². The minimum absolute atomic E-state index is 0.0830. The monoisotopic (exact) mass is 210 g/mol. The number of aromatic nitrogens is 2. The molecule has 1 aliphatic rings. The Hall–Kier alpha value is -1.59. The Labute approximate surface area is 87.7 Å². The van der Waals surface area contributed by atoms with Crippen molar-refractivity contribution in [3.63, 3.8) is 0 Å². The molecule has 1 aliphatic carbocycles. The van der Waals surface area contributed by atoms with Gasteiger partial charge in [-0.2, -0.15) is 0 Å². The zero-order valence-electron chi connectivity index (χ0n) is 8.86. The van der Waals surface area contributed by atoms with Crippen LogP contribution in [0.1, 0.15) is 18.7 Å². The largest absolute Gasteiger partial charge is 0.406 e. The number of carbonyl (C=O) groups excluding carboxylic acids is 1. The Kier molecular flexibility index (Phi) is 2.57. The van der Waals surface area contributed by atoms with Gasteiger partial charge in [0.1, 0.15) is 0 Å². The second kappa shape index (κ2) is 3.88. The van der Waals surface area contributed by atoms with Crippen LogP contribution < -0.4 is 10.2 Å². The Morgan fingerprint density at radius 1 is 1.53 bits per heavy atom. The first-order valence-electron chi connectivity index (χ1n) is 4.94. The molecule has 0 radical (unpaired) electrons. The number of rotatable bonds is 4. The average Bonchev–Trinajstić information content (AvgIpc) is 2.93. The lowest BCUT2D eigenvalue weighted by molar-refractivity contribution is -0.122. The van der Waals surface area contributed by atoms with Crippen LogP contribution in [-0.2, 0) is 11.3 Å². The smallest absolute Gasteiger partial charge is 0.317 e. The van der Waals surface area contributed by atoms with E-state index in [0.717, 1.165) is 12.8 Å². The summed E-state index contributed by atoms with van der Waals surface area (Å²) in [5, 5.41) is 10.4. The molecule has 0 saturated heterocycles. The molecule has 1 N–H and O–H groups in total. The first kappa shape index (κ1) is 9.95. The van der Waals surface area contributed by atoms with Gasteiger partial charge in [0.05, 0.1) is 6.54 Å². The van der Waals surface area contributed by atoms with Crippen molar-refractivity contribution >= 4 is 11.9 Å². The first-order chi connectivity index (χ1) is 7.16. The number of carbonyl (C=O) groups is 1. The Bertz CT molecular complexity index is 357. The van der Waals surface area contributed by atoms with Crippen LogP contribution in [0.25, 0.3) is 0 Å². The molecule has 0 aromatic carbocycles. The van der Waals surface area contributed by atoms with Gasteiger partial charge in [0.25, 0.3) is 0 Å². The topological polar surface area (TPSA) is 71.3 Å².